The van der Waals surface area contributed by atoms with Crippen LogP contribution in [0.15, 0.2) is 0 Å². The number of nitrogens with one attached hydrogen (secondary N) is 1. The van der Waals surface area contributed by atoms with E-state index >= 15 is 0 Å². The fraction of sp³-hybridized carbons (Fsp3) is 0.889. The highest BCUT2D eigenvalue weighted by Gasteiger charge is 2.31. The van der Waals surface area contributed by atoms with Crippen LogP contribution >= 0.6 is 0 Å². The maximum Gasteiger partial charge on any atom is 0.326 e. The Morgan fingerprint density at radius 1 is 1.62 bits per heavy atom. The quantitative estimate of drug-likeness (QED) is 0.583. The molecule has 0 saturated carbocycles. The van der Waals surface area contributed by atoms with E-state index in [0.717, 1.165) is 12.8 Å². The monoisotopic (exact) mass is 189 g/mol. The Kier molecular flexibility index (Phi) is 5.66. The number of carboxylic acids is 1. The van der Waals surface area contributed by atoms with E-state index in [1.165, 1.54) is 0 Å². The molecule has 0 amide bonds. The van der Waals surface area contributed by atoms with Crippen LogP contribution < -0.4 is 5.32 Å². The van der Waals surface area contributed by atoms with Crippen molar-refractivity contribution in [1.29, 1.82) is 0 Å². The van der Waals surface area contributed by atoms with Gasteiger partial charge in [-0.2, -0.15) is 0 Å². The summed E-state index contributed by atoms with van der Waals surface area (Å²) >= 11 is 0. The van der Waals surface area contributed by atoms with E-state index < -0.39 is 11.5 Å². The second-order valence-electron chi connectivity index (χ2n) is 3.29. The van der Waals surface area contributed by atoms with Gasteiger partial charge < -0.3 is 15.2 Å². The first-order valence-electron chi connectivity index (χ1n) is 4.57. The van der Waals surface area contributed by atoms with Crippen LogP contribution in [0.25, 0.3) is 0 Å². The van der Waals surface area contributed by atoms with Crippen molar-refractivity contribution in [2.45, 2.75) is 32.2 Å². The average molecular weight is 189 g/mol. The Morgan fingerprint density at radius 2 is 2.23 bits per heavy atom. The van der Waals surface area contributed by atoms with Gasteiger partial charge in [-0.1, -0.05) is 13.3 Å². The highest BCUT2D eigenvalue weighted by atomic mass is 16.5. The van der Waals surface area contributed by atoms with Gasteiger partial charge in [0.05, 0.1) is 6.61 Å². The van der Waals surface area contributed by atoms with Crippen molar-refractivity contribution in [2.75, 3.05) is 20.3 Å². The van der Waals surface area contributed by atoms with Crippen molar-refractivity contribution in [3.8, 4) is 0 Å². The average Bonchev–Trinajstić information content (AvgIpc) is 2.12. The summed E-state index contributed by atoms with van der Waals surface area (Å²) in [6, 6.07) is 0. The van der Waals surface area contributed by atoms with E-state index in [0.29, 0.717) is 6.61 Å². The third-order valence-corrected chi connectivity index (χ3v) is 2.06. The second kappa shape index (κ2) is 5.94. The largest absolute Gasteiger partial charge is 0.480 e. The van der Waals surface area contributed by atoms with Gasteiger partial charge in [-0.15, -0.1) is 0 Å². The minimum Gasteiger partial charge on any atom is -0.480 e. The van der Waals surface area contributed by atoms with Crippen LogP contribution in [0.4, 0.5) is 0 Å². The molecule has 0 aliphatic carbocycles. The molecule has 13 heavy (non-hydrogen) atoms. The van der Waals surface area contributed by atoms with E-state index in [4.69, 9.17) is 9.84 Å². The molecule has 0 fully saturated rings. The van der Waals surface area contributed by atoms with Gasteiger partial charge in [-0.3, -0.25) is 4.79 Å². The summed E-state index contributed by atoms with van der Waals surface area (Å²) < 4.78 is 5.25. The van der Waals surface area contributed by atoms with E-state index in [9.17, 15) is 4.79 Å². The van der Waals surface area contributed by atoms with E-state index in [2.05, 4.69) is 12.2 Å². The molecule has 0 bridgehead atoms. The highest BCUT2D eigenvalue weighted by molar-refractivity contribution is 5.78. The molecule has 4 heteroatoms. The lowest BCUT2D eigenvalue weighted by molar-refractivity contribution is -0.146. The molecule has 0 aliphatic rings. The normalized spacial score (nSPS) is 15.3. The smallest absolute Gasteiger partial charge is 0.326 e. The van der Waals surface area contributed by atoms with Crippen LogP contribution in [-0.2, 0) is 9.53 Å². The van der Waals surface area contributed by atoms with Crippen molar-refractivity contribution < 1.29 is 14.6 Å². The molecule has 0 aromatic rings. The zero-order valence-corrected chi connectivity index (χ0v) is 8.59. The summed E-state index contributed by atoms with van der Waals surface area (Å²) in [6.45, 7) is 4.51. The van der Waals surface area contributed by atoms with Crippen molar-refractivity contribution >= 4 is 5.97 Å². The number of hydrogen-bond donors (Lipinski definition) is 2. The fourth-order valence-corrected chi connectivity index (χ4v) is 0.764. The summed E-state index contributed by atoms with van der Waals surface area (Å²) in [5.74, 6) is -0.883. The first kappa shape index (κ1) is 12.4. The van der Waals surface area contributed by atoms with Gasteiger partial charge in [-0.05, 0) is 20.4 Å². The summed E-state index contributed by atoms with van der Waals surface area (Å²) in [7, 11) is 1.62. The number of likely N-dealkylation sites (N-methyl/N-ethyl adjacent to an activating group) is 1. The molecule has 2 N–H and O–H groups in total. The lowest BCUT2D eigenvalue weighted by Crippen LogP contribution is -2.51. The van der Waals surface area contributed by atoms with Gasteiger partial charge >= 0.3 is 5.97 Å². The molecule has 0 radical (unpaired) electrons. The summed E-state index contributed by atoms with van der Waals surface area (Å²) in [6.07, 6.45) is 2.03. The summed E-state index contributed by atoms with van der Waals surface area (Å²) in [5, 5.41) is 11.6. The van der Waals surface area contributed by atoms with E-state index in [1.54, 1.807) is 14.0 Å². The summed E-state index contributed by atoms with van der Waals surface area (Å²) in [5.41, 5.74) is -0.965. The van der Waals surface area contributed by atoms with Gasteiger partial charge in [0.1, 0.15) is 5.54 Å². The number of rotatable bonds is 7. The van der Waals surface area contributed by atoms with Crippen molar-refractivity contribution in [2.24, 2.45) is 0 Å². The maximum atomic E-state index is 10.8. The molecule has 0 heterocycles. The number of carboxylic acid groups (broad SMARTS) is 1. The predicted molar refractivity (Wildman–Crippen MR) is 50.8 cm³/mol. The Hall–Kier alpha value is -0.610. The van der Waals surface area contributed by atoms with E-state index in [-0.39, 0.29) is 6.61 Å². The van der Waals surface area contributed by atoms with Gasteiger partial charge in [0.2, 0.25) is 0 Å². The van der Waals surface area contributed by atoms with Crippen LogP contribution in [-0.4, -0.2) is 36.9 Å². The standard InChI is InChI=1S/C9H19NO3/c1-4-5-6-13-7-9(2,10-3)8(11)12/h10H,4-7H2,1-3H3,(H,11,12). The first-order valence-corrected chi connectivity index (χ1v) is 4.57. The Morgan fingerprint density at radius 3 is 2.62 bits per heavy atom. The van der Waals surface area contributed by atoms with Gasteiger partial charge in [-0.25, -0.2) is 0 Å². The second-order valence-corrected chi connectivity index (χ2v) is 3.29. The number of ether oxygens (including phenoxy) is 1. The molecule has 1 unspecified atom stereocenters. The fourth-order valence-electron chi connectivity index (χ4n) is 0.764. The summed E-state index contributed by atoms with van der Waals surface area (Å²) in [4.78, 5) is 10.8. The van der Waals surface area contributed by atoms with Crippen molar-refractivity contribution in [3.05, 3.63) is 0 Å². The minimum atomic E-state index is -0.965. The molecule has 4 nitrogen and oxygen atoms in total. The van der Waals surface area contributed by atoms with Gasteiger partial charge in [0.25, 0.3) is 0 Å². The van der Waals surface area contributed by atoms with E-state index in [1.807, 2.05) is 0 Å². The maximum absolute atomic E-state index is 10.8. The molecule has 1 atom stereocenters. The molecule has 78 valence electrons. The minimum absolute atomic E-state index is 0.207. The molecule has 0 saturated heterocycles. The zero-order valence-electron chi connectivity index (χ0n) is 8.59. The van der Waals surface area contributed by atoms with Crippen molar-refractivity contribution in [1.82, 2.24) is 5.32 Å². The third-order valence-electron chi connectivity index (χ3n) is 2.06. The Balaban J connectivity index is 3.78. The molecule has 0 aliphatic heterocycles. The lowest BCUT2D eigenvalue weighted by atomic mass is 10.1. The van der Waals surface area contributed by atoms with Gasteiger partial charge in [0.15, 0.2) is 0 Å². The van der Waals surface area contributed by atoms with Crippen LogP contribution in [0, 0.1) is 0 Å². The molecule has 0 aromatic carbocycles. The first-order chi connectivity index (χ1) is 6.06. The number of hydrogen-bond acceptors (Lipinski definition) is 3. The molecular weight excluding hydrogens is 170 g/mol. The predicted octanol–water partition coefficient (Wildman–Crippen LogP) is 0.866. The number of unbranched alkanes of at least 4 members (excludes halogenated alkanes) is 1. The topological polar surface area (TPSA) is 58.6 Å². The number of carbonyl (C=O) groups is 1. The number of aliphatic carboxylic acids is 1. The molecule has 0 rings (SSSR count). The zero-order chi connectivity index (χ0) is 10.3. The lowest BCUT2D eigenvalue weighted by Gasteiger charge is -2.23. The molecule has 0 aromatic heterocycles. The third kappa shape index (κ3) is 4.24. The highest BCUT2D eigenvalue weighted by Crippen LogP contribution is 2.04. The van der Waals surface area contributed by atoms with Crippen LogP contribution in [0.3, 0.4) is 0 Å². The van der Waals surface area contributed by atoms with Crippen LogP contribution in [0.2, 0.25) is 0 Å². The van der Waals surface area contributed by atoms with Crippen LogP contribution in [0.1, 0.15) is 26.7 Å². The van der Waals surface area contributed by atoms with Crippen LogP contribution in [0.5, 0.6) is 0 Å². The molecule has 0 spiro atoms. The Bertz CT molecular complexity index is 161. The SMILES string of the molecule is CCCCOCC(C)(NC)C(=O)O. The van der Waals surface area contributed by atoms with Crippen molar-refractivity contribution in [3.63, 3.8) is 0 Å². The molecular formula is C9H19NO3. The Labute approximate surface area is 79.3 Å². The van der Waals surface area contributed by atoms with Gasteiger partial charge in [0, 0.05) is 6.61 Å².